The van der Waals surface area contributed by atoms with Crippen molar-refractivity contribution in [2.45, 2.75) is 12.8 Å². The third kappa shape index (κ3) is 4.40. The van der Waals surface area contributed by atoms with E-state index >= 15 is 0 Å². The summed E-state index contributed by atoms with van der Waals surface area (Å²) in [6.45, 7) is 0.404. The highest BCUT2D eigenvalue weighted by molar-refractivity contribution is 6.01. The molecule has 0 aliphatic rings. The molecule has 0 aromatic heterocycles. The van der Waals surface area contributed by atoms with E-state index in [0.29, 0.717) is 18.7 Å². The van der Waals surface area contributed by atoms with Gasteiger partial charge in [0.15, 0.2) is 0 Å². The van der Waals surface area contributed by atoms with Crippen molar-refractivity contribution in [1.29, 1.82) is 0 Å². The zero-order chi connectivity index (χ0) is 14.4. The first-order valence-electron chi connectivity index (χ1n) is 5.68. The number of benzene rings is 1. The maximum absolute atomic E-state index is 11.5. The van der Waals surface area contributed by atoms with E-state index in [4.69, 9.17) is 17.2 Å². The van der Waals surface area contributed by atoms with Gasteiger partial charge < -0.3 is 22.5 Å². The standard InChI is InChI=1S/C12H16N4O3/c13-3-1-2-10(17)16-9-5-7(11(14)18)4-8(6-9)12(15)19/h4-6H,1-3,13H2,(H2,14,18)(H2,15,19)(H,16,17). The molecule has 0 radical (unpaired) electrons. The van der Waals surface area contributed by atoms with Crippen LogP contribution >= 0.6 is 0 Å². The van der Waals surface area contributed by atoms with Crippen molar-refractivity contribution >= 4 is 23.4 Å². The molecule has 7 N–H and O–H groups in total. The first-order chi connectivity index (χ1) is 8.93. The largest absolute Gasteiger partial charge is 0.366 e. The van der Waals surface area contributed by atoms with Gasteiger partial charge in [-0.2, -0.15) is 0 Å². The number of nitrogens with one attached hydrogen (secondary N) is 1. The molecule has 0 heterocycles. The molecule has 7 heteroatoms. The summed E-state index contributed by atoms with van der Waals surface area (Å²) in [5.41, 5.74) is 16.1. The molecule has 0 aliphatic carbocycles. The topological polar surface area (TPSA) is 141 Å². The van der Waals surface area contributed by atoms with Gasteiger partial charge >= 0.3 is 0 Å². The number of hydrogen-bond donors (Lipinski definition) is 4. The van der Waals surface area contributed by atoms with Crippen LogP contribution in [0.1, 0.15) is 33.6 Å². The smallest absolute Gasteiger partial charge is 0.248 e. The summed E-state index contributed by atoms with van der Waals surface area (Å²) < 4.78 is 0. The Labute approximate surface area is 110 Å². The maximum atomic E-state index is 11.5. The van der Waals surface area contributed by atoms with Gasteiger partial charge in [-0.15, -0.1) is 0 Å². The van der Waals surface area contributed by atoms with Crippen molar-refractivity contribution in [2.75, 3.05) is 11.9 Å². The number of hydrogen-bond acceptors (Lipinski definition) is 4. The van der Waals surface area contributed by atoms with Gasteiger partial charge in [0, 0.05) is 23.2 Å². The average molecular weight is 264 g/mol. The molecule has 0 unspecified atom stereocenters. The normalized spacial score (nSPS) is 9.95. The minimum atomic E-state index is -0.708. The molecular weight excluding hydrogens is 248 g/mol. The highest BCUT2D eigenvalue weighted by Crippen LogP contribution is 2.15. The van der Waals surface area contributed by atoms with Crippen LogP contribution in [0.15, 0.2) is 18.2 Å². The molecule has 7 nitrogen and oxygen atoms in total. The predicted molar refractivity (Wildman–Crippen MR) is 70.4 cm³/mol. The van der Waals surface area contributed by atoms with Gasteiger partial charge in [0.05, 0.1) is 0 Å². The van der Waals surface area contributed by atoms with E-state index in [1.54, 1.807) is 0 Å². The molecule has 1 rings (SSSR count). The Morgan fingerprint density at radius 2 is 1.53 bits per heavy atom. The molecule has 0 spiro atoms. The fourth-order valence-electron chi connectivity index (χ4n) is 1.47. The second-order valence-electron chi connectivity index (χ2n) is 3.97. The lowest BCUT2D eigenvalue weighted by Gasteiger charge is -2.08. The second-order valence-corrected chi connectivity index (χ2v) is 3.97. The van der Waals surface area contributed by atoms with Crippen molar-refractivity contribution in [3.05, 3.63) is 29.3 Å². The summed E-state index contributed by atoms with van der Waals surface area (Å²) in [6, 6.07) is 4.05. The molecule has 0 saturated heterocycles. The summed E-state index contributed by atoms with van der Waals surface area (Å²) in [5.74, 6) is -1.68. The Bertz CT molecular complexity index is 481. The van der Waals surface area contributed by atoms with Crippen LogP contribution < -0.4 is 22.5 Å². The van der Waals surface area contributed by atoms with Gasteiger partial charge in [-0.25, -0.2) is 0 Å². The number of carbonyl (C=O) groups is 3. The van der Waals surface area contributed by atoms with Crippen LogP contribution in [0.5, 0.6) is 0 Å². The lowest BCUT2D eigenvalue weighted by molar-refractivity contribution is -0.116. The van der Waals surface area contributed by atoms with Crippen LogP contribution in [0.25, 0.3) is 0 Å². The summed E-state index contributed by atoms with van der Waals surface area (Å²) in [6.07, 6.45) is 0.799. The highest BCUT2D eigenvalue weighted by atomic mass is 16.2. The molecule has 0 aliphatic heterocycles. The van der Waals surface area contributed by atoms with Crippen LogP contribution in [-0.2, 0) is 4.79 Å². The average Bonchev–Trinajstić information content (AvgIpc) is 2.35. The predicted octanol–water partition coefficient (Wildman–Crippen LogP) is -0.438. The van der Waals surface area contributed by atoms with Crippen LogP contribution in [-0.4, -0.2) is 24.3 Å². The van der Waals surface area contributed by atoms with Crippen molar-refractivity contribution in [3.8, 4) is 0 Å². The van der Waals surface area contributed by atoms with Crippen LogP contribution in [0, 0.1) is 0 Å². The minimum absolute atomic E-state index is 0.102. The summed E-state index contributed by atoms with van der Waals surface area (Å²) in [7, 11) is 0. The maximum Gasteiger partial charge on any atom is 0.248 e. The van der Waals surface area contributed by atoms with E-state index in [1.807, 2.05) is 0 Å². The van der Waals surface area contributed by atoms with Gasteiger partial charge in [-0.3, -0.25) is 14.4 Å². The molecule has 102 valence electrons. The summed E-state index contributed by atoms with van der Waals surface area (Å²) in [5, 5.41) is 2.56. The van der Waals surface area contributed by atoms with Crippen LogP contribution in [0.2, 0.25) is 0 Å². The lowest BCUT2D eigenvalue weighted by Crippen LogP contribution is -2.18. The molecule has 0 fully saturated rings. The molecule has 0 saturated carbocycles. The van der Waals surface area contributed by atoms with Gasteiger partial charge in [0.1, 0.15) is 0 Å². The van der Waals surface area contributed by atoms with E-state index < -0.39 is 11.8 Å². The first-order valence-corrected chi connectivity index (χ1v) is 5.68. The van der Waals surface area contributed by atoms with Crippen molar-refractivity contribution < 1.29 is 14.4 Å². The van der Waals surface area contributed by atoms with E-state index in [1.165, 1.54) is 18.2 Å². The van der Waals surface area contributed by atoms with E-state index in [0.717, 1.165) is 0 Å². The van der Waals surface area contributed by atoms with Gasteiger partial charge in [0.2, 0.25) is 17.7 Å². The molecule has 0 atom stereocenters. The van der Waals surface area contributed by atoms with Crippen LogP contribution in [0.4, 0.5) is 5.69 Å². The third-order valence-electron chi connectivity index (χ3n) is 2.39. The molecule has 1 aromatic rings. The molecule has 19 heavy (non-hydrogen) atoms. The minimum Gasteiger partial charge on any atom is -0.366 e. The number of amides is 3. The van der Waals surface area contributed by atoms with Gasteiger partial charge in [-0.05, 0) is 31.2 Å². The monoisotopic (exact) mass is 264 g/mol. The summed E-state index contributed by atoms with van der Waals surface area (Å²) >= 11 is 0. The Kier molecular flexibility index (Phi) is 5.01. The number of anilines is 1. The quantitative estimate of drug-likeness (QED) is 0.552. The lowest BCUT2D eigenvalue weighted by atomic mass is 10.1. The number of nitrogens with two attached hydrogens (primary N) is 3. The van der Waals surface area contributed by atoms with Crippen molar-refractivity contribution in [3.63, 3.8) is 0 Å². The van der Waals surface area contributed by atoms with Crippen LogP contribution in [0.3, 0.4) is 0 Å². The number of rotatable bonds is 6. The fourth-order valence-corrected chi connectivity index (χ4v) is 1.47. The Balaban J connectivity index is 2.96. The fraction of sp³-hybridized carbons (Fsp3) is 0.250. The van der Waals surface area contributed by atoms with Crippen molar-refractivity contribution in [1.82, 2.24) is 0 Å². The third-order valence-corrected chi connectivity index (χ3v) is 2.39. The summed E-state index contributed by atoms with van der Waals surface area (Å²) in [4.78, 5) is 33.8. The van der Waals surface area contributed by atoms with Gasteiger partial charge in [0.25, 0.3) is 0 Å². The van der Waals surface area contributed by atoms with E-state index in [-0.39, 0.29) is 23.5 Å². The Morgan fingerprint density at radius 3 is 1.95 bits per heavy atom. The zero-order valence-corrected chi connectivity index (χ0v) is 10.3. The van der Waals surface area contributed by atoms with Gasteiger partial charge in [-0.1, -0.05) is 0 Å². The highest BCUT2D eigenvalue weighted by Gasteiger charge is 2.10. The molecule has 3 amide bonds. The zero-order valence-electron chi connectivity index (χ0n) is 10.3. The Morgan fingerprint density at radius 1 is 1.00 bits per heavy atom. The molecule has 1 aromatic carbocycles. The SMILES string of the molecule is NCCCC(=O)Nc1cc(C(N)=O)cc(C(N)=O)c1. The second kappa shape index (κ2) is 6.50. The number of primary amides is 2. The molecule has 0 bridgehead atoms. The van der Waals surface area contributed by atoms with E-state index in [9.17, 15) is 14.4 Å². The first kappa shape index (κ1) is 14.7. The Hall–Kier alpha value is -2.41. The van der Waals surface area contributed by atoms with Crippen molar-refractivity contribution in [2.24, 2.45) is 17.2 Å². The van der Waals surface area contributed by atoms with E-state index in [2.05, 4.69) is 5.32 Å². The molecular formula is C12H16N4O3. The number of carbonyl (C=O) groups excluding carboxylic acids is 3.